The lowest BCUT2D eigenvalue weighted by atomic mass is 10.2. The Morgan fingerprint density at radius 1 is 1.28 bits per heavy atom. The highest BCUT2D eigenvalue weighted by atomic mass is 35.5. The third kappa shape index (κ3) is 4.87. The molecule has 2 amide bonds. The second kappa shape index (κ2) is 8.56. The van der Waals surface area contributed by atoms with E-state index in [1.54, 1.807) is 36.6 Å². The van der Waals surface area contributed by atoms with Crippen LogP contribution >= 0.6 is 22.9 Å². The number of carbonyl (C=O) groups is 1. The van der Waals surface area contributed by atoms with Crippen LogP contribution in [0.5, 0.6) is 5.75 Å². The van der Waals surface area contributed by atoms with E-state index < -0.39 is 0 Å². The maximum Gasteiger partial charge on any atom is 0.322 e. The van der Waals surface area contributed by atoms with Gasteiger partial charge in [-0.1, -0.05) is 17.7 Å². The molecule has 0 atom stereocenters. The number of hydrogen-bond donors (Lipinski definition) is 1. The largest absolute Gasteiger partial charge is 0.495 e. The van der Waals surface area contributed by atoms with Gasteiger partial charge in [0.2, 0.25) is 0 Å². The van der Waals surface area contributed by atoms with Crippen LogP contribution in [0, 0.1) is 0 Å². The normalized spacial score (nSPS) is 15.2. The first-order valence-corrected chi connectivity index (χ1v) is 9.55. The Hall–Kier alpha value is -1.76. The first kappa shape index (κ1) is 18.0. The summed E-state index contributed by atoms with van der Waals surface area (Å²) in [6.45, 7) is 4.27. The van der Waals surface area contributed by atoms with Crippen molar-refractivity contribution in [2.24, 2.45) is 0 Å². The molecule has 0 saturated carbocycles. The monoisotopic (exact) mass is 379 g/mol. The van der Waals surface area contributed by atoms with Crippen LogP contribution in [0.15, 0.2) is 35.7 Å². The maximum atomic E-state index is 12.5. The third-order valence-electron chi connectivity index (χ3n) is 4.32. The predicted octanol–water partition coefficient (Wildman–Crippen LogP) is 3.80. The second-order valence-electron chi connectivity index (χ2n) is 5.93. The molecule has 3 rings (SSSR count). The molecule has 1 fully saturated rings. The van der Waals surface area contributed by atoms with Gasteiger partial charge in [-0.15, -0.1) is 11.3 Å². The van der Waals surface area contributed by atoms with Gasteiger partial charge >= 0.3 is 6.03 Å². The number of thiophene rings is 1. The lowest BCUT2D eigenvalue weighted by molar-refractivity contribution is 0.148. The Morgan fingerprint density at radius 3 is 2.76 bits per heavy atom. The van der Waals surface area contributed by atoms with Crippen molar-refractivity contribution in [3.8, 4) is 5.75 Å². The molecule has 0 aliphatic carbocycles. The van der Waals surface area contributed by atoms with Crippen LogP contribution in [0.25, 0.3) is 0 Å². The van der Waals surface area contributed by atoms with E-state index in [1.165, 1.54) is 4.88 Å². The van der Waals surface area contributed by atoms with E-state index in [0.29, 0.717) is 16.5 Å². The Kier molecular flexibility index (Phi) is 6.18. The average molecular weight is 380 g/mol. The van der Waals surface area contributed by atoms with Crippen LogP contribution < -0.4 is 10.1 Å². The molecule has 2 heterocycles. The van der Waals surface area contributed by atoms with E-state index in [2.05, 4.69) is 27.7 Å². The number of carbonyl (C=O) groups excluding carboxylic acids is 1. The van der Waals surface area contributed by atoms with Crippen LogP contribution in [0.3, 0.4) is 0 Å². The number of halogens is 1. The summed E-state index contributed by atoms with van der Waals surface area (Å²) >= 11 is 7.81. The Labute approximate surface area is 157 Å². The highest BCUT2D eigenvalue weighted by molar-refractivity contribution is 7.09. The highest BCUT2D eigenvalue weighted by Crippen LogP contribution is 2.28. The topological polar surface area (TPSA) is 44.8 Å². The van der Waals surface area contributed by atoms with Crippen molar-refractivity contribution >= 4 is 34.7 Å². The van der Waals surface area contributed by atoms with E-state index in [1.807, 2.05) is 4.90 Å². The number of nitrogens with zero attached hydrogens (tertiary/aromatic N) is 2. The van der Waals surface area contributed by atoms with Crippen LogP contribution in [0.2, 0.25) is 5.02 Å². The van der Waals surface area contributed by atoms with Crippen molar-refractivity contribution < 1.29 is 9.53 Å². The summed E-state index contributed by atoms with van der Waals surface area (Å²) < 4.78 is 5.27. The van der Waals surface area contributed by atoms with Gasteiger partial charge in [0.15, 0.2) is 0 Å². The van der Waals surface area contributed by atoms with Gasteiger partial charge in [0.05, 0.1) is 12.8 Å². The van der Waals surface area contributed by atoms with E-state index in [0.717, 1.165) is 39.1 Å². The van der Waals surface area contributed by atoms with Gasteiger partial charge in [0.25, 0.3) is 0 Å². The second-order valence-corrected chi connectivity index (χ2v) is 7.40. The molecule has 0 bridgehead atoms. The molecule has 1 aliphatic rings. The first-order valence-electron chi connectivity index (χ1n) is 8.30. The SMILES string of the molecule is COc1ccc(Cl)cc1NC(=O)N1CCN(CCc2cccs2)CC1. The van der Waals surface area contributed by atoms with E-state index in [9.17, 15) is 4.79 Å². The van der Waals surface area contributed by atoms with Gasteiger partial charge in [-0.25, -0.2) is 4.79 Å². The minimum Gasteiger partial charge on any atom is -0.495 e. The molecule has 1 aromatic heterocycles. The van der Waals surface area contributed by atoms with Crippen molar-refractivity contribution in [3.05, 3.63) is 45.6 Å². The summed E-state index contributed by atoms with van der Waals surface area (Å²) in [5, 5.41) is 5.58. The molecule has 134 valence electrons. The van der Waals surface area contributed by atoms with Gasteiger partial charge in [-0.2, -0.15) is 0 Å². The third-order valence-corrected chi connectivity index (χ3v) is 5.49. The minimum atomic E-state index is -0.113. The van der Waals surface area contributed by atoms with Gasteiger partial charge in [0.1, 0.15) is 5.75 Å². The number of anilines is 1. The van der Waals surface area contributed by atoms with Crippen molar-refractivity contribution in [1.29, 1.82) is 0 Å². The standard InChI is InChI=1S/C18H22ClN3O2S/c1-24-17-5-4-14(19)13-16(17)20-18(23)22-10-8-21(9-11-22)7-6-15-3-2-12-25-15/h2-5,12-13H,6-11H2,1H3,(H,20,23). The average Bonchev–Trinajstić information content (AvgIpc) is 3.14. The van der Waals surface area contributed by atoms with Gasteiger partial charge in [0, 0.05) is 42.6 Å². The van der Waals surface area contributed by atoms with Crippen molar-refractivity contribution in [3.63, 3.8) is 0 Å². The number of ether oxygens (including phenoxy) is 1. The number of hydrogen-bond acceptors (Lipinski definition) is 4. The van der Waals surface area contributed by atoms with E-state index >= 15 is 0 Å². The number of urea groups is 1. The molecular weight excluding hydrogens is 358 g/mol. The zero-order valence-electron chi connectivity index (χ0n) is 14.2. The smallest absolute Gasteiger partial charge is 0.322 e. The minimum absolute atomic E-state index is 0.113. The van der Waals surface area contributed by atoms with Crippen LogP contribution in [-0.2, 0) is 6.42 Å². The van der Waals surface area contributed by atoms with Crippen LogP contribution in [0.1, 0.15) is 4.88 Å². The number of piperazine rings is 1. The summed E-state index contributed by atoms with van der Waals surface area (Å²) in [7, 11) is 1.57. The molecule has 25 heavy (non-hydrogen) atoms. The fourth-order valence-corrected chi connectivity index (χ4v) is 3.74. The Balaban J connectivity index is 1.49. The number of rotatable bonds is 5. The number of methoxy groups -OCH3 is 1. The highest BCUT2D eigenvalue weighted by Gasteiger charge is 2.21. The molecule has 1 N–H and O–H groups in total. The summed E-state index contributed by atoms with van der Waals surface area (Å²) in [5.74, 6) is 0.604. The fraction of sp³-hybridized carbons (Fsp3) is 0.389. The molecule has 5 nitrogen and oxygen atoms in total. The van der Waals surface area contributed by atoms with Crippen LogP contribution in [-0.4, -0.2) is 55.7 Å². The van der Waals surface area contributed by atoms with Crippen molar-refractivity contribution in [2.75, 3.05) is 45.2 Å². The summed E-state index contributed by atoms with van der Waals surface area (Å²) in [6, 6.07) is 9.34. The van der Waals surface area contributed by atoms with Crippen LogP contribution in [0.4, 0.5) is 10.5 Å². The summed E-state index contributed by atoms with van der Waals surface area (Å²) in [6.07, 6.45) is 1.07. The number of amides is 2. The predicted molar refractivity (Wildman–Crippen MR) is 103 cm³/mol. The maximum absolute atomic E-state index is 12.5. The molecular formula is C18H22ClN3O2S. The summed E-state index contributed by atoms with van der Waals surface area (Å²) in [4.78, 5) is 18.1. The van der Waals surface area contributed by atoms with Crippen molar-refractivity contribution in [2.45, 2.75) is 6.42 Å². The van der Waals surface area contributed by atoms with Gasteiger partial charge in [-0.3, -0.25) is 4.90 Å². The zero-order chi connectivity index (χ0) is 17.6. The fourth-order valence-electron chi connectivity index (χ4n) is 2.87. The van der Waals surface area contributed by atoms with E-state index in [4.69, 9.17) is 16.3 Å². The van der Waals surface area contributed by atoms with Crippen molar-refractivity contribution in [1.82, 2.24) is 9.80 Å². The molecule has 0 unspecified atom stereocenters. The number of nitrogens with one attached hydrogen (secondary N) is 1. The molecule has 1 saturated heterocycles. The molecule has 0 spiro atoms. The molecule has 7 heteroatoms. The molecule has 1 aliphatic heterocycles. The van der Waals surface area contributed by atoms with Gasteiger partial charge < -0.3 is 15.0 Å². The lowest BCUT2D eigenvalue weighted by Crippen LogP contribution is -2.50. The first-order chi connectivity index (χ1) is 12.2. The quantitative estimate of drug-likeness (QED) is 0.859. The summed E-state index contributed by atoms with van der Waals surface area (Å²) in [5.41, 5.74) is 0.597. The Bertz CT molecular complexity index is 700. The molecule has 0 radical (unpaired) electrons. The molecule has 2 aromatic rings. The lowest BCUT2D eigenvalue weighted by Gasteiger charge is -2.34. The zero-order valence-corrected chi connectivity index (χ0v) is 15.8. The Morgan fingerprint density at radius 2 is 2.08 bits per heavy atom. The van der Waals surface area contributed by atoms with E-state index in [-0.39, 0.29) is 6.03 Å². The van der Waals surface area contributed by atoms with Gasteiger partial charge in [-0.05, 0) is 36.1 Å². The molecule has 1 aromatic carbocycles. The number of benzene rings is 1.